The molecule has 1 saturated heterocycles. The van der Waals surface area contributed by atoms with Crippen molar-refractivity contribution in [1.29, 1.82) is 0 Å². The zero-order valence-electron chi connectivity index (χ0n) is 10.6. The van der Waals surface area contributed by atoms with E-state index >= 15 is 0 Å². The summed E-state index contributed by atoms with van der Waals surface area (Å²) in [6.07, 6.45) is 3.50. The van der Waals surface area contributed by atoms with Crippen molar-refractivity contribution in [2.75, 3.05) is 18.4 Å². The van der Waals surface area contributed by atoms with Gasteiger partial charge in [-0.3, -0.25) is 10.1 Å². The maximum absolute atomic E-state index is 10.8. The number of hydrogen-bond acceptors (Lipinski definition) is 4. The van der Waals surface area contributed by atoms with Crippen LogP contribution in [0.2, 0.25) is 0 Å². The Morgan fingerprint density at radius 1 is 1.39 bits per heavy atom. The van der Waals surface area contributed by atoms with Crippen molar-refractivity contribution < 1.29 is 4.92 Å². The summed E-state index contributed by atoms with van der Waals surface area (Å²) >= 11 is 0. The Kier molecular flexibility index (Phi) is 4.15. The second-order valence-corrected chi connectivity index (χ2v) is 4.86. The number of nitro groups is 1. The van der Waals surface area contributed by atoms with Crippen molar-refractivity contribution >= 4 is 11.4 Å². The molecule has 0 aliphatic carbocycles. The van der Waals surface area contributed by atoms with E-state index in [1.165, 1.54) is 12.8 Å². The number of nitrogens with zero attached hydrogens (tertiary/aromatic N) is 1. The lowest BCUT2D eigenvalue weighted by Gasteiger charge is -2.18. The van der Waals surface area contributed by atoms with E-state index in [0.29, 0.717) is 6.04 Å². The van der Waals surface area contributed by atoms with Crippen LogP contribution in [0.25, 0.3) is 0 Å². The van der Waals surface area contributed by atoms with Crippen molar-refractivity contribution in [2.24, 2.45) is 0 Å². The Bertz CT molecular complexity index is 426. The Hall–Kier alpha value is -1.62. The molecule has 1 aliphatic heterocycles. The van der Waals surface area contributed by atoms with Crippen LogP contribution >= 0.6 is 0 Å². The lowest BCUT2D eigenvalue weighted by molar-refractivity contribution is -0.384. The van der Waals surface area contributed by atoms with Crippen molar-refractivity contribution in [2.45, 2.75) is 32.2 Å². The number of aryl methyl sites for hydroxylation is 1. The van der Waals surface area contributed by atoms with Crippen LogP contribution in [0.3, 0.4) is 0 Å². The van der Waals surface area contributed by atoms with Crippen molar-refractivity contribution in [3.63, 3.8) is 0 Å². The minimum absolute atomic E-state index is 0.152. The van der Waals surface area contributed by atoms with Crippen molar-refractivity contribution in [3.8, 4) is 0 Å². The molecule has 98 valence electrons. The van der Waals surface area contributed by atoms with Crippen molar-refractivity contribution in [1.82, 2.24) is 5.32 Å². The van der Waals surface area contributed by atoms with E-state index in [1.807, 2.05) is 13.0 Å². The summed E-state index contributed by atoms with van der Waals surface area (Å²) in [6, 6.07) is 5.51. The van der Waals surface area contributed by atoms with Gasteiger partial charge in [-0.2, -0.15) is 0 Å². The first-order chi connectivity index (χ1) is 8.65. The van der Waals surface area contributed by atoms with E-state index in [-0.39, 0.29) is 10.6 Å². The second-order valence-electron chi connectivity index (χ2n) is 4.86. The molecule has 0 radical (unpaired) electrons. The number of nitro benzene ring substituents is 1. The summed E-state index contributed by atoms with van der Waals surface area (Å²) in [7, 11) is 0. The molecule has 1 aromatic rings. The van der Waals surface area contributed by atoms with E-state index in [2.05, 4.69) is 10.6 Å². The first-order valence-corrected chi connectivity index (χ1v) is 6.38. The van der Waals surface area contributed by atoms with E-state index in [0.717, 1.165) is 30.8 Å². The van der Waals surface area contributed by atoms with Crippen LogP contribution in [0.15, 0.2) is 18.2 Å². The maximum atomic E-state index is 10.8. The zero-order valence-corrected chi connectivity index (χ0v) is 10.6. The second kappa shape index (κ2) is 5.82. The molecular formula is C13H19N3O2. The molecule has 1 aliphatic rings. The summed E-state index contributed by atoms with van der Waals surface area (Å²) in [5, 5.41) is 17.6. The monoisotopic (exact) mass is 249 g/mol. The summed E-state index contributed by atoms with van der Waals surface area (Å²) in [4.78, 5) is 10.5. The first-order valence-electron chi connectivity index (χ1n) is 6.38. The molecule has 1 fully saturated rings. The van der Waals surface area contributed by atoms with E-state index < -0.39 is 0 Å². The number of rotatable bonds is 3. The topological polar surface area (TPSA) is 67.2 Å². The van der Waals surface area contributed by atoms with Gasteiger partial charge in [-0.05, 0) is 37.9 Å². The van der Waals surface area contributed by atoms with Crippen LogP contribution in [-0.2, 0) is 0 Å². The van der Waals surface area contributed by atoms with Gasteiger partial charge in [-0.25, -0.2) is 0 Å². The lowest BCUT2D eigenvalue weighted by Crippen LogP contribution is -2.30. The van der Waals surface area contributed by atoms with Crippen LogP contribution in [0.4, 0.5) is 11.4 Å². The molecule has 5 nitrogen and oxygen atoms in total. The molecular weight excluding hydrogens is 230 g/mol. The minimum Gasteiger partial charge on any atom is -0.381 e. The molecule has 2 N–H and O–H groups in total. The van der Waals surface area contributed by atoms with Gasteiger partial charge in [0.25, 0.3) is 5.69 Å². The quantitative estimate of drug-likeness (QED) is 0.638. The normalized spacial score (nSPS) is 20.2. The van der Waals surface area contributed by atoms with Gasteiger partial charge in [0.15, 0.2) is 0 Å². The standard InChI is InChI=1S/C13H19N3O2/c1-10-6-12(8-13(7-10)16(17)18)15-11-4-2-3-5-14-9-11/h6-8,11,14-15H,2-5,9H2,1H3. The van der Waals surface area contributed by atoms with Crippen LogP contribution < -0.4 is 10.6 Å². The highest BCUT2D eigenvalue weighted by atomic mass is 16.6. The Morgan fingerprint density at radius 3 is 3.00 bits per heavy atom. The predicted molar refractivity (Wildman–Crippen MR) is 72.0 cm³/mol. The van der Waals surface area contributed by atoms with Crippen LogP contribution in [0.5, 0.6) is 0 Å². The van der Waals surface area contributed by atoms with Crippen LogP contribution in [-0.4, -0.2) is 24.1 Å². The fourth-order valence-corrected chi connectivity index (χ4v) is 2.33. The van der Waals surface area contributed by atoms with Gasteiger partial charge in [-0.15, -0.1) is 0 Å². The molecule has 0 spiro atoms. The summed E-state index contributed by atoms with van der Waals surface area (Å²) < 4.78 is 0. The molecule has 0 amide bonds. The molecule has 5 heteroatoms. The number of nitrogens with one attached hydrogen (secondary N) is 2. The van der Waals surface area contributed by atoms with E-state index in [9.17, 15) is 10.1 Å². The smallest absolute Gasteiger partial charge is 0.271 e. The first kappa shape index (κ1) is 12.8. The molecule has 2 rings (SSSR count). The maximum Gasteiger partial charge on any atom is 0.271 e. The minimum atomic E-state index is -0.344. The summed E-state index contributed by atoms with van der Waals surface area (Å²) in [6.45, 7) is 3.86. The third-order valence-corrected chi connectivity index (χ3v) is 3.19. The fourth-order valence-electron chi connectivity index (χ4n) is 2.33. The number of non-ortho nitro benzene ring substituents is 1. The fraction of sp³-hybridized carbons (Fsp3) is 0.538. The average molecular weight is 249 g/mol. The molecule has 1 heterocycles. The number of anilines is 1. The summed E-state index contributed by atoms with van der Waals surface area (Å²) in [5.41, 5.74) is 1.91. The van der Waals surface area contributed by atoms with Gasteiger partial charge >= 0.3 is 0 Å². The van der Waals surface area contributed by atoms with Crippen LogP contribution in [0, 0.1) is 17.0 Å². The molecule has 18 heavy (non-hydrogen) atoms. The van der Waals surface area contributed by atoms with Gasteiger partial charge < -0.3 is 10.6 Å². The number of hydrogen-bond donors (Lipinski definition) is 2. The predicted octanol–water partition coefficient (Wildman–Crippen LogP) is 2.46. The zero-order chi connectivity index (χ0) is 13.0. The highest BCUT2D eigenvalue weighted by molar-refractivity contribution is 5.54. The molecule has 1 aromatic carbocycles. The number of benzene rings is 1. The van der Waals surface area contributed by atoms with Gasteiger partial charge in [0, 0.05) is 30.4 Å². The van der Waals surface area contributed by atoms with Crippen molar-refractivity contribution in [3.05, 3.63) is 33.9 Å². The average Bonchev–Trinajstić information content (AvgIpc) is 2.57. The molecule has 1 atom stereocenters. The van der Waals surface area contributed by atoms with Crippen LogP contribution in [0.1, 0.15) is 24.8 Å². The molecule has 0 aromatic heterocycles. The lowest BCUT2D eigenvalue weighted by atomic mass is 10.1. The SMILES string of the molecule is Cc1cc(NC2CCCCNC2)cc([N+](=O)[O-])c1. The molecule has 0 bridgehead atoms. The largest absolute Gasteiger partial charge is 0.381 e. The molecule has 0 saturated carbocycles. The molecule has 1 unspecified atom stereocenters. The van der Waals surface area contributed by atoms with Gasteiger partial charge in [-0.1, -0.05) is 6.42 Å². The Balaban J connectivity index is 2.10. The third kappa shape index (κ3) is 3.43. The van der Waals surface area contributed by atoms with E-state index in [4.69, 9.17) is 0 Å². The Labute approximate surface area is 107 Å². The van der Waals surface area contributed by atoms with E-state index in [1.54, 1.807) is 12.1 Å². The van der Waals surface area contributed by atoms with Gasteiger partial charge in [0.05, 0.1) is 4.92 Å². The Morgan fingerprint density at radius 2 is 2.22 bits per heavy atom. The highest BCUT2D eigenvalue weighted by Gasteiger charge is 2.13. The summed E-state index contributed by atoms with van der Waals surface area (Å²) in [5.74, 6) is 0. The third-order valence-electron chi connectivity index (χ3n) is 3.19. The highest BCUT2D eigenvalue weighted by Crippen LogP contribution is 2.22. The van der Waals surface area contributed by atoms with Gasteiger partial charge in [0.2, 0.25) is 0 Å². The van der Waals surface area contributed by atoms with Gasteiger partial charge in [0.1, 0.15) is 0 Å².